The van der Waals surface area contributed by atoms with Gasteiger partial charge in [-0.3, -0.25) is 4.79 Å². The molecule has 2 N–H and O–H groups in total. The highest BCUT2D eigenvalue weighted by Crippen LogP contribution is 2.28. The largest absolute Gasteiger partial charge is 0.393 e. The quantitative estimate of drug-likeness (QED) is 0.792. The molecule has 4 heteroatoms. The van der Waals surface area contributed by atoms with Crippen molar-refractivity contribution in [2.45, 2.75) is 38.2 Å². The third kappa shape index (κ3) is 5.91. The molecule has 144 valence electrons. The molecule has 1 atom stereocenters. The molecule has 1 fully saturated rings. The van der Waals surface area contributed by atoms with Gasteiger partial charge in [0.2, 0.25) is 5.91 Å². The molecule has 2 aromatic carbocycles. The van der Waals surface area contributed by atoms with Gasteiger partial charge >= 0.3 is 0 Å². The van der Waals surface area contributed by atoms with Crippen molar-refractivity contribution in [3.05, 3.63) is 71.3 Å². The van der Waals surface area contributed by atoms with Crippen LogP contribution >= 0.6 is 0 Å². The van der Waals surface area contributed by atoms with Crippen LogP contribution in [0.15, 0.2) is 54.6 Å². The second-order valence-corrected chi connectivity index (χ2v) is 7.50. The third-order valence-corrected chi connectivity index (χ3v) is 5.38. The zero-order chi connectivity index (χ0) is 19.1. The molecule has 0 aliphatic carbocycles. The number of aliphatic hydroxyl groups is 1. The van der Waals surface area contributed by atoms with Crippen LogP contribution in [-0.2, 0) is 4.79 Å². The summed E-state index contributed by atoms with van der Waals surface area (Å²) < 4.78 is 0. The molecule has 0 spiro atoms. The number of aryl methyl sites for hydroxylation is 1. The van der Waals surface area contributed by atoms with Crippen LogP contribution in [0.3, 0.4) is 0 Å². The van der Waals surface area contributed by atoms with Gasteiger partial charge in [-0.2, -0.15) is 0 Å². The number of nitrogens with zero attached hydrogens (tertiary/aromatic N) is 1. The zero-order valence-corrected chi connectivity index (χ0v) is 16.1. The molecule has 1 amide bonds. The lowest BCUT2D eigenvalue weighted by molar-refractivity contribution is -0.121. The van der Waals surface area contributed by atoms with E-state index in [1.54, 1.807) is 0 Å². The fourth-order valence-electron chi connectivity index (χ4n) is 3.67. The highest BCUT2D eigenvalue weighted by atomic mass is 16.3. The average Bonchev–Trinajstić information content (AvgIpc) is 2.69. The number of benzene rings is 2. The number of carbonyl (C=O) groups excluding carboxylic acids is 1. The van der Waals surface area contributed by atoms with E-state index in [0.717, 1.165) is 32.5 Å². The van der Waals surface area contributed by atoms with Crippen molar-refractivity contribution in [2.75, 3.05) is 26.2 Å². The van der Waals surface area contributed by atoms with Crippen molar-refractivity contribution < 1.29 is 9.90 Å². The Hall–Kier alpha value is -2.17. The summed E-state index contributed by atoms with van der Waals surface area (Å²) in [7, 11) is 0. The number of hydrogen-bond acceptors (Lipinski definition) is 3. The van der Waals surface area contributed by atoms with E-state index in [2.05, 4.69) is 53.5 Å². The number of hydrogen-bond donors (Lipinski definition) is 2. The Morgan fingerprint density at radius 1 is 1.07 bits per heavy atom. The second kappa shape index (κ2) is 9.67. The highest BCUT2D eigenvalue weighted by molar-refractivity contribution is 5.77. The first-order chi connectivity index (χ1) is 13.1. The minimum Gasteiger partial charge on any atom is -0.393 e. The minimum absolute atomic E-state index is 0.0666. The number of aliphatic hydroxyl groups excluding tert-OH is 1. The molecule has 1 heterocycles. The first-order valence-corrected chi connectivity index (χ1v) is 9.90. The van der Waals surface area contributed by atoms with Crippen molar-refractivity contribution in [3.8, 4) is 0 Å². The minimum atomic E-state index is -0.156. The SMILES string of the molecule is Cc1ccc([C@@H](CC(=O)NCCN2CCC(O)CC2)c2ccccc2)cc1. The summed E-state index contributed by atoms with van der Waals surface area (Å²) in [5.41, 5.74) is 3.56. The molecule has 2 aromatic rings. The van der Waals surface area contributed by atoms with Crippen molar-refractivity contribution in [1.82, 2.24) is 10.2 Å². The van der Waals surface area contributed by atoms with Crippen molar-refractivity contribution >= 4 is 5.91 Å². The first-order valence-electron chi connectivity index (χ1n) is 9.90. The van der Waals surface area contributed by atoms with Gasteiger partial charge in [0.05, 0.1) is 6.10 Å². The average molecular weight is 367 g/mol. The Balaban J connectivity index is 1.57. The summed E-state index contributed by atoms with van der Waals surface area (Å²) in [5.74, 6) is 0.151. The lowest BCUT2D eigenvalue weighted by Crippen LogP contribution is -2.41. The molecule has 4 nitrogen and oxygen atoms in total. The van der Waals surface area contributed by atoms with Crippen LogP contribution in [0.1, 0.15) is 41.9 Å². The standard InChI is InChI=1S/C23H30N2O2/c1-18-7-9-20(10-8-18)22(19-5-3-2-4-6-19)17-23(27)24-13-16-25-14-11-21(26)12-15-25/h2-10,21-22,26H,11-17H2,1H3,(H,24,27)/t22-/m0/s1. The molecule has 0 radical (unpaired) electrons. The molecule has 27 heavy (non-hydrogen) atoms. The maximum atomic E-state index is 12.6. The monoisotopic (exact) mass is 366 g/mol. The Morgan fingerprint density at radius 3 is 2.37 bits per heavy atom. The van der Waals surface area contributed by atoms with Crippen molar-refractivity contribution in [3.63, 3.8) is 0 Å². The van der Waals surface area contributed by atoms with Gasteiger partial charge in [-0.05, 0) is 30.9 Å². The zero-order valence-electron chi connectivity index (χ0n) is 16.1. The van der Waals surface area contributed by atoms with Gasteiger partial charge < -0.3 is 15.3 Å². The molecule has 1 aliphatic rings. The van der Waals surface area contributed by atoms with Gasteiger partial charge in [0.1, 0.15) is 0 Å². The summed E-state index contributed by atoms with van der Waals surface area (Å²) >= 11 is 0. The van der Waals surface area contributed by atoms with Crippen LogP contribution in [0.2, 0.25) is 0 Å². The lowest BCUT2D eigenvalue weighted by Gasteiger charge is -2.29. The Morgan fingerprint density at radius 2 is 1.70 bits per heavy atom. The number of nitrogens with one attached hydrogen (secondary N) is 1. The van der Waals surface area contributed by atoms with E-state index < -0.39 is 0 Å². The van der Waals surface area contributed by atoms with Gasteiger partial charge in [-0.25, -0.2) is 0 Å². The van der Waals surface area contributed by atoms with Gasteiger partial charge in [0, 0.05) is 38.5 Å². The van der Waals surface area contributed by atoms with E-state index in [1.807, 2.05) is 18.2 Å². The molecule has 1 saturated heterocycles. The molecule has 0 unspecified atom stereocenters. The van der Waals surface area contributed by atoms with E-state index in [1.165, 1.54) is 16.7 Å². The van der Waals surface area contributed by atoms with Gasteiger partial charge in [-0.15, -0.1) is 0 Å². The van der Waals surface area contributed by atoms with Crippen LogP contribution < -0.4 is 5.32 Å². The lowest BCUT2D eigenvalue weighted by atomic mass is 9.88. The normalized spacial score (nSPS) is 16.8. The molecule has 0 aromatic heterocycles. The first kappa shape index (κ1) is 19.6. The van der Waals surface area contributed by atoms with Gasteiger partial charge in [-0.1, -0.05) is 60.2 Å². The van der Waals surface area contributed by atoms with E-state index >= 15 is 0 Å². The maximum Gasteiger partial charge on any atom is 0.220 e. The van der Waals surface area contributed by atoms with Crippen molar-refractivity contribution in [2.24, 2.45) is 0 Å². The summed E-state index contributed by atoms with van der Waals surface area (Å²) in [5, 5.41) is 12.7. The number of rotatable bonds is 7. The van der Waals surface area contributed by atoms with Gasteiger partial charge in [0.25, 0.3) is 0 Å². The highest BCUT2D eigenvalue weighted by Gasteiger charge is 2.19. The van der Waals surface area contributed by atoms with E-state index in [0.29, 0.717) is 13.0 Å². The summed E-state index contributed by atoms with van der Waals surface area (Å²) in [6.07, 6.45) is 1.96. The summed E-state index contributed by atoms with van der Waals surface area (Å²) in [4.78, 5) is 14.9. The van der Waals surface area contributed by atoms with E-state index in [-0.39, 0.29) is 17.9 Å². The fourth-order valence-corrected chi connectivity index (χ4v) is 3.67. The maximum absolute atomic E-state index is 12.6. The van der Waals surface area contributed by atoms with Crippen LogP contribution in [0.25, 0.3) is 0 Å². The smallest absolute Gasteiger partial charge is 0.220 e. The number of likely N-dealkylation sites (tertiary alicyclic amines) is 1. The third-order valence-electron chi connectivity index (χ3n) is 5.38. The van der Waals surface area contributed by atoms with E-state index in [9.17, 15) is 9.90 Å². The number of piperidine rings is 1. The molecule has 3 rings (SSSR count). The van der Waals surface area contributed by atoms with Crippen LogP contribution in [0.5, 0.6) is 0 Å². The topological polar surface area (TPSA) is 52.6 Å². The Kier molecular flexibility index (Phi) is 7.02. The molecule has 0 bridgehead atoms. The molecular formula is C23H30N2O2. The van der Waals surface area contributed by atoms with Crippen LogP contribution in [0.4, 0.5) is 0 Å². The Bertz CT molecular complexity index is 707. The Labute approximate surface area is 162 Å². The molecular weight excluding hydrogens is 336 g/mol. The van der Waals surface area contributed by atoms with Gasteiger partial charge in [0.15, 0.2) is 0 Å². The summed E-state index contributed by atoms with van der Waals surface area (Å²) in [6, 6.07) is 18.7. The van der Waals surface area contributed by atoms with Crippen LogP contribution in [-0.4, -0.2) is 48.2 Å². The number of carbonyl (C=O) groups is 1. The fraction of sp³-hybridized carbons (Fsp3) is 0.435. The number of amides is 1. The van der Waals surface area contributed by atoms with Crippen molar-refractivity contribution in [1.29, 1.82) is 0 Å². The van der Waals surface area contributed by atoms with Crippen LogP contribution in [0, 0.1) is 6.92 Å². The second-order valence-electron chi connectivity index (χ2n) is 7.50. The predicted octanol–water partition coefficient (Wildman–Crippen LogP) is 3.09. The molecule has 1 aliphatic heterocycles. The predicted molar refractivity (Wildman–Crippen MR) is 109 cm³/mol. The molecule has 0 saturated carbocycles. The van der Waals surface area contributed by atoms with E-state index in [4.69, 9.17) is 0 Å². The summed E-state index contributed by atoms with van der Waals surface area (Å²) in [6.45, 7) is 5.40.